The van der Waals surface area contributed by atoms with Crippen molar-refractivity contribution in [1.29, 1.82) is 0 Å². The van der Waals surface area contributed by atoms with E-state index in [4.69, 9.17) is 28.2 Å². The van der Waals surface area contributed by atoms with Crippen LogP contribution >= 0.6 is 0 Å². The Kier molecular flexibility index (Phi) is 17.6. The van der Waals surface area contributed by atoms with Gasteiger partial charge in [-0.1, -0.05) is 267 Å². The van der Waals surface area contributed by atoms with E-state index in [9.17, 15) is 0 Å². The van der Waals surface area contributed by atoms with Crippen molar-refractivity contribution < 1.29 is 13.3 Å². The van der Waals surface area contributed by atoms with Crippen molar-refractivity contribution >= 4 is 164 Å². The number of para-hydroxylation sites is 6. The third-order valence-electron chi connectivity index (χ3n) is 25.8. The Morgan fingerprint density at radius 2 is 0.477 bits per heavy atom. The average molecular weight is 1690 g/mol. The summed E-state index contributed by atoms with van der Waals surface area (Å²) in [5.74, 6) is 0. The molecule has 0 radical (unpaired) electrons. The Hall–Kier alpha value is -18.1. The fourth-order valence-corrected chi connectivity index (χ4v) is 20.1. The first-order valence-corrected chi connectivity index (χ1v) is 44.2. The highest BCUT2D eigenvalue weighted by molar-refractivity contribution is 6.38. The monoisotopic (exact) mass is 1690 g/mol. The summed E-state index contributed by atoms with van der Waals surface area (Å²) in [6.07, 6.45) is 10.9. The molecule has 13 heterocycles. The van der Waals surface area contributed by atoms with Crippen molar-refractivity contribution in [3.05, 3.63) is 438 Å². The second kappa shape index (κ2) is 30.9. The zero-order chi connectivity index (χ0) is 86.9. The Morgan fingerprint density at radius 3 is 0.833 bits per heavy atom. The molecular formula is C119H72N10O3. The molecule has 15 aromatic carbocycles. The number of rotatable bonds is 10. The van der Waals surface area contributed by atoms with Gasteiger partial charge in [0.1, 0.15) is 16.7 Å². The van der Waals surface area contributed by atoms with Gasteiger partial charge in [0, 0.05) is 130 Å². The van der Waals surface area contributed by atoms with Crippen molar-refractivity contribution in [2.45, 2.75) is 0 Å². The zero-order valence-electron chi connectivity index (χ0n) is 70.8. The molecule has 0 spiro atoms. The number of hydrogen-bond donors (Lipinski definition) is 0. The Morgan fingerprint density at radius 1 is 0.182 bits per heavy atom. The molecule has 0 unspecified atom stereocenters. The Balaban J connectivity index is 0.000000104. The SMILES string of the molecule is c1ccc(-c2cc(-c3ccc(-n4c5ccccc5c5c6ccccc6c6c7ccccc7oc6c54)cc3)cc(-c3ccccc3)n2)cc1.c1ccc(-c2cc(-n3c4ccccc4c4c5ccccc5c5c6ccccc6oc5c43)cc(-c3ccccn3)n2)nc1.c1cncc(-c2cc(-n3c4ccccc4c4c5ccccc5c5c6ccccc6oc5c43)cc(-c3cccnc3)n2)c1. The maximum absolute atomic E-state index is 6.74. The third kappa shape index (κ3) is 12.3. The van der Waals surface area contributed by atoms with Gasteiger partial charge in [-0.3, -0.25) is 19.9 Å². The third-order valence-corrected chi connectivity index (χ3v) is 25.8. The van der Waals surface area contributed by atoms with Gasteiger partial charge in [0.15, 0.2) is 16.7 Å². The molecule has 0 fully saturated rings. The lowest BCUT2D eigenvalue weighted by Gasteiger charge is -2.13. The number of furan rings is 3. The lowest BCUT2D eigenvalue weighted by molar-refractivity contribution is 0.671. The standard InChI is InChI=1S/C45H28N2O.2C37H22N4O/c1-3-13-30(14-4-1)38-27-32(28-39(46-38)31-15-5-2-6-16-31)29-23-25-33(26-24-29)47-40-21-11-9-19-36(40)42-34-17-7-8-18-35(34)43-37-20-10-12-22-41(37)48-45(43)44(42)47;1-2-12-25-24(11-1)34-26-13-3-5-17-32(26)41(36(34)37-35(25)27-14-4-6-18-33(27)42-37)23-21-30(28-15-7-9-19-38-28)40-31(22-23)29-16-8-10-20-39-29;1-2-12-27-26(11-1)34-28-13-3-5-15-32(28)41(36(34)37-35(27)29-14-4-6-16-33(29)42-37)25-19-30(23-9-7-17-38-21-23)40-31(20-25)24-10-8-18-39-22-24/h1-28H;2*1-22H. The lowest BCUT2D eigenvalue weighted by atomic mass is 9.98. The lowest BCUT2D eigenvalue weighted by Crippen LogP contribution is -1.99. The summed E-state index contributed by atoms with van der Waals surface area (Å²) in [4.78, 5) is 33.2. The van der Waals surface area contributed by atoms with Crippen LogP contribution in [-0.4, -0.2) is 48.6 Å². The number of nitrogens with zero attached hydrogens (tertiary/aromatic N) is 10. The first kappa shape index (κ1) is 75.3. The van der Waals surface area contributed by atoms with Crippen LogP contribution in [0.2, 0.25) is 0 Å². The molecule has 132 heavy (non-hydrogen) atoms. The number of fused-ring (bicyclic) bond motifs is 30. The molecule has 0 aliphatic carbocycles. The number of pyridine rings is 7. The summed E-state index contributed by atoms with van der Waals surface area (Å²) in [5.41, 5.74) is 28.0. The minimum Gasteiger partial charge on any atom is -0.454 e. The van der Waals surface area contributed by atoms with Gasteiger partial charge in [0.05, 0.1) is 90.0 Å². The predicted molar refractivity (Wildman–Crippen MR) is 539 cm³/mol. The van der Waals surface area contributed by atoms with Crippen LogP contribution in [-0.2, 0) is 0 Å². The summed E-state index contributed by atoms with van der Waals surface area (Å²) in [7, 11) is 0. The highest BCUT2D eigenvalue weighted by Crippen LogP contribution is 2.51. The second-order valence-corrected chi connectivity index (χ2v) is 33.3. The van der Waals surface area contributed by atoms with Crippen LogP contribution in [0.25, 0.3) is 260 Å². The number of hydrogen-bond acceptors (Lipinski definition) is 10. The molecule has 0 aliphatic heterocycles. The van der Waals surface area contributed by atoms with E-state index in [1.54, 1.807) is 24.8 Å². The average Bonchev–Trinajstić information content (AvgIpc) is 1.54. The number of benzene rings is 15. The van der Waals surface area contributed by atoms with Crippen LogP contribution < -0.4 is 0 Å². The molecule has 28 aromatic rings. The first-order chi connectivity index (χ1) is 65.5. The molecule has 0 saturated carbocycles. The molecule has 13 heteroatoms. The van der Waals surface area contributed by atoms with Gasteiger partial charge in [0.2, 0.25) is 0 Å². The van der Waals surface area contributed by atoms with E-state index >= 15 is 0 Å². The smallest absolute Gasteiger partial charge is 0.160 e. The number of aromatic nitrogens is 10. The fourth-order valence-electron chi connectivity index (χ4n) is 20.1. The zero-order valence-corrected chi connectivity index (χ0v) is 70.8. The van der Waals surface area contributed by atoms with Crippen LogP contribution in [0.1, 0.15) is 0 Å². The Labute approximate surface area is 754 Å². The molecule has 0 atom stereocenters. The van der Waals surface area contributed by atoms with Crippen molar-refractivity contribution in [3.8, 4) is 96.0 Å². The predicted octanol–water partition coefficient (Wildman–Crippen LogP) is 30.9. The van der Waals surface area contributed by atoms with Gasteiger partial charge in [-0.05, 0) is 177 Å². The van der Waals surface area contributed by atoms with E-state index in [0.29, 0.717) is 0 Å². The van der Waals surface area contributed by atoms with Crippen molar-refractivity contribution in [2.24, 2.45) is 0 Å². The summed E-state index contributed by atoms with van der Waals surface area (Å²) in [6, 6.07) is 139. The maximum atomic E-state index is 6.74. The molecule has 0 N–H and O–H groups in total. The van der Waals surface area contributed by atoms with Crippen LogP contribution in [0.3, 0.4) is 0 Å². The topological polar surface area (TPSA) is 144 Å². The van der Waals surface area contributed by atoms with Crippen molar-refractivity contribution in [1.82, 2.24) is 48.6 Å². The van der Waals surface area contributed by atoms with Crippen LogP contribution in [0, 0.1) is 0 Å². The van der Waals surface area contributed by atoms with Gasteiger partial charge >= 0.3 is 0 Å². The molecular weight excluding hydrogens is 1620 g/mol. The van der Waals surface area contributed by atoms with E-state index < -0.39 is 0 Å². The second-order valence-electron chi connectivity index (χ2n) is 33.3. The normalized spacial score (nSPS) is 11.8. The fraction of sp³-hybridized carbons (Fsp3) is 0. The van der Waals surface area contributed by atoms with Gasteiger partial charge in [0.25, 0.3) is 0 Å². The molecule has 28 rings (SSSR count). The molecule has 0 bridgehead atoms. The van der Waals surface area contributed by atoms with Gasteiger partial charge in [-0.15, -0.1) is 0 Å². The van der Waals surface area contributed by atoms with E-state index in [0.717, 1.165) is 195 Å². The minimum absolute atomic E-state index is 0.779. The molecule has 0 amide bonds. The molecule has 616 valence electrons. The van der Waals surface area contributed by atoms with E-state index in [2.05, 4.69) is 337 Å². The summed E-state index contributed by atoms with van der Waals surface area (Å²) >= 11 is 0. The van der Waals surface area contributed by atoms with Crippen molar-refractivity contribution in [2.75, 3.05) is 0 Å². The molecule has 13 nitrogen and oxygen atoms in total. The van der Waals surface area contributed by atoms with Crippen LogP contribution in [0.5, 0.6) is 0 Å². The van der Waals surface area contributed by atoms with E-state index in [-0.39, 0.29) is 0 Å². The van der Waals surface area contributed by atoms with Gasteiger partial charge in [-0.2, -0.15) is 0 Å². The van der Waals surface area contributed by atoms with E-state index in [1.807, 2.05) is 109 Å². The molecule has 13 aromatic heterocycles. The van der Waals surface area contributed by atoms with Gasteiger partial charge < -0.3 is 27.0 Å². The summed E-state index contributed by atoms with van der Waals surface area (Å²) < 4.78 is 27.3. The van der Waals surface area contributed by atoms with Crippen LogP contribution in [0.15, 0.2) is 451 Å². The van der Waals surface area contributed by atoms with Crippen LogP contribution in [0.4, 0.5) is 0 Å². The highest BCUT2D eigenvalue weighted by atomic mass is 16.3. The maximum Gasteiger partial charge on any atom is 0.160 e. The molecule has 0 saturated heterocycles. The van der Waals surface area contributed by atoms with E-state index in [1.165, 1.54) is 64.6 Å². The molecule has 0 aliphatic rings. The highest BCUT2D eigenvalue weighted by Gasteiger charge is 2.29. The van der Waals surface area contributed by atoms with Crippen molar-refractivity contribution in [3.63, 3.8) is 0 Å². The van der Waals surface area contributed by atoms with Gasteiger partial charge in [-0.25, -0.2) is 15.0 Å². The largest absolute Gasteiger partial charge is 0.454 e. The minimum atomic E-state index is 0.779. The Bertz CT molecular complexity index is 8940. The first-order valence-electron chi connectivity index (χ1n) is 44.2. The summed E-state index contributed by atoms with van der Waals surface area (Å²) in [5, 5.41) is 21.1. The summed E-state index contributed by atoms with van der Waals surface area (Å²) in [6.45, 7) is 0. The quantitative estimate of drug-likeness (QED) is 0.130.